The van der Waals surface area contributed by atoms with Gasteiger partial charge in [-0.2, -0.15) is 0 Å². The topological polar surface area (TPSA) is 74.2 Å². The van der Waals surface area contributed by atoms with Crippen LogP contribution < -0.4 is 10.6 Å². The Bertz CT molecular complexity index is 719. The van der Waals surface area contributed by atoms with Gasteiger partial charge in [-0.25, -0.2) is 9.37 Å². The van der Waals surface area contributed by atoms with E-state index < -0.39 is 6.10 Å². The van der Waals surface area contributed by atoms with E-state index >= 15 is 0 Å². The lowest BCUT2D eigenvalue weighted by Gasteiger charge is -2.08. The highest BCUT2D eigenvalue weighted by molar-refractivity contribution is 7.15. The zero-order valence-corrected chi connectivity index (χ0v) is 13.5. The summed E-state index contributed by atoms with van der Waals surface area (Å²) in [6.07, 6.45) is 2.20. The molecule has 0 saturated carbocycles. The third-order valence-corrected chi connectivity index (χ3v) is 4.74. The highest BCUT2D eigenvalue weighted by Crippen LogP contribution is 2.22. The molecule has 0 spiro atoms. The van der Waals surface area contributed by atoms with Gasteiger partial charge in [0.1, 0.15) is 5.82 Å². The molecule has 122 valence electrons. The second-order valence-corrected chi connectivity index (χ2v) is 6.85. The van der Waals surface area contributed by atoms with Crippen LogP contribution in [0.25, 0.3) is 0 Å². The van der Waals surface area contributed by atoms with Crippen LogP contribution >= 0.6 is 11.3 Å². The van der Waals surface area contributed by atoms with Crippen LogP contribution in [0.5, 0.6) is 0 Å². The fraction of sp³-hybridized carbons (Fsp3) is 0.375. The Kier molecular flexibility index (Phi) is 4.70. The monoisotopic (exact) mass is 335 g/mol. The van der Waals surface area contributed by atoms with Crippen molar-refractivity contribution in [1.29, 1.82) is 0 Å². The molecule has 1 aliphatic heterocycles. The normalized spacial score (nSPS) is 20.7. The molecule has 23 heavy (non-hydrogen) atoms. The predicted molar refractivity (Wildman–Crippen MR) is 87.1 cm³/mol. The highest BCUT2D eigenvalue weighted by atomic mass is 32.1. The number of anilines is 1. The Morgan fingerprint density at radius 3 is 3.09 bits per heavy atom. The summed E-state index contributed by atoms with van der Waals surface area (Å²) in [7, 11) is 0. The van der Waals surface area contributed by atoms with E-state index in [0.717, 1.165) is 10.4 Å². The Labute approximate surface area is 137 Å². The first kappa shape index (κ1) is 16.0. The van der Waals surface area contributed by atoms with Crippen LogP contribution in [0.1, 0.15) is 22.4 Å². The molecule has 2 aromatic rings. The van der Waals surface area contributed by atoms with Gasteiger partial charge < -0.3 is 15.7 Å². The summed E-state index contributed by atoms with van der Waals surface area (Å²) in [5.41, 5.74) is 1.49. The fourth-order valence-electron chi connectivity index (χ4n) is 2.50. The van der Waals surface area contributed by atoms with Gasteiger partial charge in [0.15, 0.2) is 5.13 Å². The summed E-state index contributed by atoms with van der Waals surface area (Å²) < 4.78 is 13.6. The number of halogens is 1. The van der Waals surface area contributed by atoms with Crippen LogP contribution in [0.4, 0.5) is 9.52 Å². The number of β-amino-alcohol motifs (C(OH)–C–C–N with tert-alkyl or cyclic N) is 1. The number of nitrogens with zero attached hydrogens (tertiary/aromatic N) is 1. The fourth-order valence-corrected chi connectivity index (χ4v) is 3.35. The lowest BCUT2D eigenvalue weighted by Crippen LogP contribution is -2.35. The first-order valence-corrected chi connectivity index (χ1v) is 8.25. The van der Waals surface area contributed by atoms with E-state index in [-0.39, 0.29) is 17.8 Å². The van der Waals surface area contributed by atoms with E-state index in [4.69, 9.17) is 0 Å². The molecule has 2 unspecified atom stereocenters. The second-order valence-electron chi connectivity index (χ2n) is 5.73. The van der Waals surface area contributed by atoms with Crippen molar-refractivity contribution in [1.82, 2.24) is 10.3 Å². The predicted octanol–water partition coefficient (Wildman–Crippen LogP) is 1.84. The van der Waals surface area contributed by atoms with Gasteiger partial charge in [-0.1, -0.05) is 12.1 Å². The zero-order valence-electron chi connectivity index (χ0n) is 12.7. The van der Waals surface area contributed by atoms with Gasteiger partial charge in [0.2, 0.25) is 5.91 Å². The van der Waals surface area contributed by atoms with Crippen molar-refractivity contribution in [2.45, 2.75) is 31.9 Å². The number of carbonyl (C=O) groups excluding carboxylic acids is 1. The third kappa shape index (κ3) is 3.93. The van der Waals surface area contributed by atoms with Crippen LogP contribution in [0.15, 0.2) is 24.4 Å². The quantitative estimate of drug-likeness (QED) is 0.797. The van der Waals surface area contributed by atoms with Gasteiger partial charge in [0, 0.05) is 24.0 Å². The molecule has 2 heterocycles. The molecule has 1 saturated heterocycles. The molecule has 3 N–H and O–H groups in total. The number of aryl methyl sites for hydroxylation is 1. The summed E-state index contributed by atoms with van der Waals surface area (Å²) in [6, 6.07) is 4.78. The number of amides is 1. The molecule has 1 aromatic heterocycles. The summed E-state index contributed by atoms with van der Waals surface area (Å²) in [5.74, 6) is -0.407. The number of aromatic nitrogens is 1. The van der Waals surface area contributed by atoms with Gasteiger partial charge in [-0.3, -0.25) is 4.79 Å². The number of aliphatic hydroxyl groups excluding tert-OH is 1. The number of benzene rings is 1. The van der Waals surface area contributed by atoms with Crippen molar-refractivity contribution in [3.8, 4) is 0 Å². The average Bonchev–Trinajstić information content (AvgIpc) is 3.12. The maximum atomic E-state index is 13.6. The van der Waals surface area contributed by atoms with Crippen molar-refractivity contribution in [3.05, 3.63) is 46.2 Å². The van der Waals surface area contributed by atoms with Crippen molar-refractivity contribution >= 4 is 22.4 Å². The molecule has 1 fully saturated rings. The third-order valence-electron chi connectivity index (χ3n) is 3.82. The van der Waals surface area contributed by atoms with Gasteiger partial charge in [-0.05, 0) is 30.5 Å². The molecule has 0 radical (unpaired) electrons. The van der Waals surface area contributed by atoms with Gasteiger partial charge >= 0.3 is 0 Å². The highest BCUT2D eigenvalue weighted by Gasteiger charge is 2.28. The van der Waals surface area contributed by atoms with Crippen LogP contribution in [-0.4, -0.2) is 34.7 Å². The maximum absolute atomic E-state index is 13.6. The van der Waals surface area contributed by atoms with Crippen LogP contribution in [-0.2, 0) is 11.2 Å². The molecule has 3 rings (SSSR count). The van der Waals surface area contributed by atoms with E-state index in [1.165, 1.54) is 17.4 Å². The Morgan fingerprint density at radius 2 is 2.39 bits per heavy atom. The number of rotatable bonds is 4. The number of hydrogen-bond acceptors (Lipinski definition) is 5. The molecule has 1 aromatic carbocycles. The number of carbonyl (C=O) groups is 1. The minimum absolute atomic E-state index is 0.191. The summed E-state index contributed by atoms with van der Waals surface area (Å²) >= 11 is 1.37. The summed E-state index contributed by atoms with van der Waals surface area (Å²) in [6.45, 7) is 2.16. The first-order chi connectivity index (χ1) is 11.0. The largest absolute Gasteiger partial charge is 0.392 e. The Morgan fingerprint density at radius 1 is 1.57 bits per heavy atom. The van der Waals surface area contributed by atoms with Gasteiger partial charge in [0.25, 0.3) is 0 Å². The SMILES string of the molecule is Cc1ccc(Cc2cnc(NC(=O)C3CC(O)CN3)s2)cc1F. The Hall–Kier alpha value is -1.83. The standard InChI is InChI=1S/C16H18FN3O2S/c1-9-2-3-10(5-13(9)17)4-12-8-19-16(23-12)20-15(22)14-6-11(21)7-18-14/h2-3,5,8,11,14,18,21H,4,6-7H2,1H3,(H,19,20,22). The van der Waals surface area contributed by atoms with Crippen LogP contribution in [0, 0.1) is 12.7 Å². The Balaban J connectivity index is 1.61. The summed E-state index contributed by atoms with van der Waals surface area (Å²) in [5, 5.41) is 15.7. The van der Waals surface area contributed by atoms with E-state index in [1.54, 1.807) is 19.2 Å². The van der Waals surface area contributed by atoms with Crippen molar-refractivity contribution in [2.24, 2.45) is 0 Å². The minimum atomic E-state index is -0.478. The molecule has 0 aliphatic carbocycles. The maximum Gasteiger partial charge on any atom is 0.243 e. The molecule has 1 aliphatic rings. The molecule has 7 heteroatoms. The first-order valence-electron chi connectivity index (χ1n) is 7.43. The number of thiazole rings is 1. The number of hydrogen-bond donors (Lipinski definition) is 3. The molecule has 0 bridgehead atoms. The minimum Gasteiger partial charge on any atom is -0.392 e. The lowest BCUT2D eigenvalue weighted by molar-refractivity contribution is -0.117. The molecule has 2 atom stereocenters. The van der Waals surface area contributed by atoms with E-state index in [0.29, 0.717) is 30.1 Å². The number of aliphatic hydroxyl groups is 1. The zero-order chi connectivity index (χ0) is 16.4. The van der Waals surface area contributed by atoms with Crippen molar-refractivity contribution in [2.75, 3.05) is 11.9 Å². The summed E-state index contributed by atoms with van der Waals surface area (Å²) in [4.78, 5) is 17.2. The second kappa shape index (κ2) is 6.74. The molecule has 1 amide bonds. The van der Waals surface area contributed by atoms with E-state index in [2.05, 4.69) is 15.6 Å². The van der Waals surface area contributed by atoms with E-state index in [1.807, 2.05) is 6.07 Å². The van der Waals surface area contributed by atoms with E-state index in [9.17, 15) is 14.3 Å². The van der Waals surface area contributed by atoms with Crippen molar-refractivity contribution in [3.63, 3.8) is 0 Å². The average molecular weight is 335 g/mol. The lowest BCUT2D eigenvalue weighted by atomic mass is 10.1. The van der Waals surface area contributed by atoms with Crippen molar-refractivity contribution < 1.29 is 14.3 Å². The molecular weight excluding hydrogens is 317 g/mol. The molecule has 5 nitrogen and oxygen atoms in total. The molecular formula is C16H18FN3O2S. The van der Waals surface area contributed by atoms with Gasteiger partial charge in [-0.15, -0.1) is 11.3 Å². The van der Waals surface area contributed by atoms with Crippen LogP contribution in [0.2, 0.25) is 0 Å². The van der Waals surface area contributed by atoms with Crippen LogP contribution in [0.3, 0.4) is 0 Å². The number of nitrogens with one attached hydrogen (secondary N) is 2. The van der Waals surface area contributed by atoms with Gasteiger partial charge in [0.05, 0.1) is 12.1 Å². The smallest absolute Gasteiger partial charge is 0.243 e.